The largest absolute Gasteiger partial charge is 0.506 e. The van der Waals surface area contributed by atoms with E-state index >= 15 is 0 Å². The molecule has 0 amide bonds. The van der Waals surface area contributed by atoms with E-state index in [-0.39, 0.29) is 18.5 Å². The van der Waals surface area contributed by atoms with E-state index < -0.39 is 29.5 Å². The van der Waals surface area contributed by atoms with Crippen molar-refractivity contribution in [1.29, 1.82) is 0 Å². The molecule has 0 atom stereocenters. The summed E-state index contributed by atoms with van der Waals surface area (Å²) in [5.74, 6) is -2.21. The van der Waals surface area contributed by atoms with Gasteiger partial charge in [0.1, 0.15) is 11.3 Å². The molecule has 132 valence electrons. The van der Waals surface area contributed by atoms with Crippen LogP contribution >= 0.6 is 0 Å². The third kappa shape index (κ3) is 3.35. The van der Waals surface area contributed by atoms with E-state index in [9.17, 15) is 19.5 Å². The van der Waals surface area contributed by atoms with E-state index in [0.29, 0.717) is 10.9 Å². The quantitative estimate of drug-likeness (QED) is 0.666. The Morgan fingerprint density at radius 3 is 2.27 bits per heavy atom. The Morgan fingerprint density at radius 1 is 0.923 bits per heavy atom. The zero-order valence-corrected chi connectivity index (χ0v) is 13.9. The Morgan fingerprint density at radius 2 is 1.58 bits per heavy atom. The van der Waals surface area contributed by atoms with Gasteiger partial charge in [0.15, 0.2) is 5.78 Å². The minimum absolute atomic E-state index is 0.236. The Bertz CT molecular complexity index is 1040. The fraction of sp³-hybridized carbons (Fsp3) is 0.150. The van der Waals surface area contributed by atoms with E-state index in [1.165, 1.54) is 4.57 Å². The van der Waals surface area contributed by atoms with E-state index in [4.69, 9.17) is 5.11 Å². The molecule has 0 aliphatic heterocycles. The number of ketones is 1. The lowest BCUT2D eigenvalue weighted by Crippen LogP contribution is -2.27. The Labute approximate surface area is 148 Å². The van der Waals surface area contributed by atoms with Crippen LogP contribution in [0, 0.1) is 0 Å². The molecule has 0 fully saturated rings. The number of para-hydroxylation sites is 1. The number of carboxylic acid groups (broad SMARTS) is 1. The van der Waals surface area contributed by atoms with Gasteiger partial charge in [0, 0.05) is 11.8 Å². The third-order valence-electron chi connectivity index (χ3n) is 4.17. The van der Waals surface area contributed by atoms with E-state index in [2.05, 4.69) is 0 Å². The molecular weight excluding hydrogens is 334 g/mol. The number of nitrogens with zero attached hydrogens (tertiary/aromatic N) is 1. The Hall–Kier alpha value is -3.41. The number of aromatic hydroxyl groups is 1. The van der Waals surface area contributed by atoms with Gasteiger partial charge < -0.3 is 14.8 Å². The summed E-state index contributed by atoms with van der Waals surface area (Å²) in [5, 5.41) is 19.6. The first-order chi connectivity index (χ1) is 12.5. The molecule has 26 heavy (non-hydrogen) atoms. The van der Waals surface area contributed by atoms with Crippen LogP contribution in [0.3, 0.4) is 0 Å². The number of fused-ring (bicyclic) bond motifs is 1. The summed E-state index contributed by atoms with van der Waals surface area (Å²) >= 11 is 0. The summed E-state index contributed by atoms with van der Waals surface area (Å²) in [4.78, 5) is 36.1. The smallest absolute Gasteiger partial charge is 0.303 e. The molecule has 0 spiro atoms. The molecule has 6 nitrogen and oxygen atoms in total. The molecule has 0 radical (unpaired) electrons. The zero-order chi connectivity index (χ0) is 18.7. The lowest BCUT2D eigenvalue weighted by Gasteiger charge is -2.14. The predicted octanol–water partition coefficient (Wildman–Crippen LogP) is 2.80. The third-order valence-corrected chi connectivity index (χ3v) is 4.17. The van der Waals surface area contributed by atoms with Gasteiger partial charge in [0.2, 0.25) is 0 Å². The molecule has 0 unspecified atom stereocenters. The van der Waals surface area contributed by atoms with Crippen molar-refractivity contribution in [3.8, 4) is 5.75 Å². The van der Waals surface area contributed by atoms with Crippen molar-refractivity contribution in [1.82, 2.24) is 4.57 Å². The fourth-order valence-corrected chi connectivity index (χ4v) is 2.91. The number of carboxylic acids is 1. The average Bonchev–Trinajstić information content (AvgIpc) is 2.64. The van der Waals surface area contributed by atoms with Gasteiger partial charge in [-0.2, -0.15) is 0 Å². The van der Waals surface area contributed by atoms with Crippen LogP contribution in [0.15, 0.2) is 59.4 Å². The van der Waals surface area contributed by atoms with Gasteiger partial charge in [-0.15, -0.1) is 0 Å². The molecule has 0 saturated heterocycles. The maximum absolute atomic E-state index is 12.9. The number of rotatable bonds is 6. The number of carbonyl (C=O) groups is 2. The highest BCUT2D eigenvalue weighted by molar-refractivity contribution is 6.04. The van der Waals surface area contributed by atoms with Crippen LogP contribution in [0.4, 0.5) is 0 Å². The monoisotopic (exact) mass is 351 g/mol. The van der Waals surface area contributed by atoms with Crippen molar-refractivity contribution in [2.45, 2.75) is 19.4 Å². The topological polar surface area (TPSA) is 96.6 Å². The summed E-state index contributed by atoms with van der Waals surface area (Å²) in [6.45, 7) is 0.236. The molecule has 0 aliphatic rings. The first kappa shape index (κ1) is 17.4. The Kier molecular flexibility index (Phi) is 4.84. The van der Waals surface area contributed by atoms with Crippen molar-refractivity contribution in [3.63, 3.8) is 0 Å². The van der Waals surface area contributed by atoms with Crippen molar-refractivity contribution in [2.75, 3.05) is 0 Å². The average molecular weight is 351 g/mol. The van der Waals surface area contributed by atoms with Gasteiger partial charge in [-0.3, -0.25) is 14.4 Å². The van der Waals surface area contributed by atoms with Crippen LogP contribution < -0.4 is 5.56 Å². The molecule has 0 saturated carbocycles. The van der Waals surface area contributed by atoms with Gasteiger partial charge in [-0.25, -0.2) is 0 Å². The first-order valence-electron chi connectivity index (χ1n) is 8.12. The molecule has 0 aliphatic carbocycles. The van der Waals surface area contributed by atoms with Crippen LogP contribution in [0.1, 0.15) is 28.8 Å². The van der Waals surface area contributed by atoms with Gasteiger partial charge >= 0.3 is 5.97 Å². The number of aromatic nitrogens is 1. The van der Waals surface area contributed by atoms with E-state index in [1.807, 2.05) is 30.3 Å². The number of benzene rings is 2. The minimum Gasteiger partial charge on any atom is -0.506 e. The van der Waals surface area contributed by atoms with Crippen LogP contribution in [0.5, 0.6) is 5.75 Å². The molecule has 3 rings (SSSR count). The zero-order valence-electron chi connectivity index (χ0n) is 13.9. The van der Waals surface area contributed by atoms with Crippen LogP contribution in [-0.4, -0.2) is 26.5 Å². The number of carbonyl (C=O) groups excluding carboxylic acids is 1. The number of pyridine rings is 1. The first-order valence-corrected chi connectivity index (χ1v) is 8.12. The molecule has 1 aromatic heterocycles. The molecule has 2 N–H and O–H groups in total. The maximum atomic E-state index is 12.9. The second kappa shape index (κ2) is 7.23. The molecule has 1 heterocycles. The fourth-order valence-electron chi connectivity index (χ4n) is 2.91. The highest BCUT2D eigenvalue weighted by atomic mass is 16.4. The van der Waals surface area contributed by atoms with Crippen molar-refractivity contribution in [2.24, 2.45) is 0 Å². The number of hydrogen-bond acceptors (Lipinski definition) is 4. The molecule has 6 heteroatoms. The number of aliphatic carboxylic acids is 1. The van der Waals surface area contributed by atoms with Crippen molar-refractivity contribution < 1.29 is 19.8 Å². The van der Waals surface area contributed by atoms with E-state index in [1.54, 1.807) is 24.3 Å². The normalized spacial score (nSPS) is 10.8. The summed E-state index contributed by atoms with van der Waals surface area (Å²) in [7, 11) is 0. The minimum atomic E-state index is -1.14. The van der Waals surface area contributed by atoms with Crippen LogP contribution in [0.2, 0.25) is 0 Å². The van der Waals surface area contributed by atoms with Gasteiger partial charge in [-0.1, -0.05) is 42.5 Å². The van der Waals surface area contributed by atoms with E-state index in [0.717, 1.165) is 5.56 Å². The van der Waals surface area contributed by atoms with Crippen LogP contribution in [-0.2, 0) is 11.3 Å². The highest BCUT2D eigenvalue weighted by Gasteiger charge is 2.22. The van der Waals surface area contributed by atoms with Crippen molar-refractivity contribution in [3.05, 3.63) is 76.1 Å². The lowest BCUT2D eigenvalue weighted by atomic mass is 10.0. The van der Waals surface area contributed by atoms with Crippen LogP contribution in [0.25, 0.3) is 10.9 Å². The summed E-state index contributed by atoms with van der Waals surface area (Å²) < 4.78 is 1.43. The molecular formula is C20H17NO5. The summed E-state index contributed by atoms with van der Waals surface area (Å²) in [6.07, 6.45) is -0.745. The molecule has 2 aromatic carbocycles. The van der Waals surface area contributed by atoms with Gasteiger partial charge in [0.05, 0.1) is 18.5 Å². The highest BCUT2D eigenvalue weighted by Crippen LogP contribution is 2.27. The maximum Gasteiger partial charge on any atom is 0.303 e. The summed E-state index contributed by atoms with van der Waals surface area (Å²) in [5.41, 5.74) is 0.393. The second-order valence-electron chi connectivity index (χ2n) is 5.93. The van der Waals surface area contributed by atoms with Gasteiger partial charge in [-0.05, 0) is 17.7 Å². The standard InChI is InChI=1S/C20H17NO5/c22-16(10-11-17(23)24)18-19(25)14-8-4-5-9-15(14)21(20(18)26)12-13-6-2-1-3-7-13/h1-9,25H,10-12H2,(H,23,24). The van der Waals surface area contributed by atoms with Crippen molar-refractivity contribution >= 4 is 22.7 Å². The second-order valence-corrected chi connectivity index (χ2v) is 5.93. The Balaban J connectivity index is 2.18. The predicted molar refractivity (Wildman–Crippen MR) is 96.6 cm³/mol. The molecule has 0 bridgehead atoms. The summed E-state index contributed by atoms with van der Waals surface area (Å²) in [6, 6.07) is 16.1. The number of hydrogen-bond donors (Lipinski definition) is 2. The lowest BCUT2D eigenvalue weighted by molar-refractivity contribution is -0.136. The van der Waals surface area contributed by atoms with Gasteiger partial charge in [0.25, 0.3) is 5.56 Å². The SMILES string of the molecule is O=C(O)CCC(=O)c1c(O)c2ccccc2n(Cc2ccccc2)c1=O. The molecule has 3 aromatic rings. The number of Topliss-reactive ketones (excluding diaryl/α,β-unsaturated/α-hetero) is 1.